The fourth-order valence-electron chi connectivity index (χ4n) is 5.98. The van der Waals surface area contributed by atoms with E-state index in [0.717, 1.165) is 22.3 Å². The topological polar surface area (TPSA) is 97.4 Å². The fourth-order valence-corrected chi connectivity index (χ4v) is 6.20. The zero-order chi connectivity index (χ0) is 31.9. The van der Waals surface area contributed by atoms with Gasteiger partial charge in [0.05, 0.1) is 12.6 Å². The molecule has 4 aromatic carbocycles. The SMILES string of the molecule is Cc1cn([C@H]2C[C@H](NC(=S)NCc3ccccc3)[C@@H](COC(c3ccccc3)(c3ccccc3)c3ccccc3)O2)c(=O)[nH]c1=O. The van der Waals surface area contributed by atoms with Crippen molar-refractivity contribution in [3.8, 4) is 0 Å². The van der Waals surface area contributed by atoms with Crippen LogP contribution in [0.5, 0.6) is 0 Å². The first-order valence-electron chi connectivity index (χ1n) is 15.3. The van der Waals surface area contributed by atoms with Crippen LogP contribution in [0.25, 0.3) is 0 Å². The number of benzene rings is 4. The van der Waals surface area contributed by atoms with E-state index in [0.29, 0.717) is 23.6 Å². The molecule has 1 aromatic heterocycles. The molecule has 0 radical (unpaired) electrons. The molecule has 2 heterocycles. The Morgan fingerprint density at radius 3 is 1.93 bits per heavy atom. The van der Waals surface area contributed by atoms with Gasteiger partial charge in [0.15, 0.2) is 5.11 Å². The summed E-state index contributed by atoms with van der Waals surface area (Å²) < 4.78 is 15.1. The molecule has 1 aliphatic heterocycles. The van der Waals surface area contributed by atoms with Crippen LogP contribution in [-0.2, 0) is 21.6 Å². The molecule has 46 heavy (non-hydrogen) atoms. The second kappa shape index (κ2) is 14.1. The number of H-pyrrole nitrogens is 1. The van der Waals surface area contributed by atoms with Crippen molar-refractivity contribution in [2.75, 3.05) is 6.61 Å². The van der Waals surface area contributed by atoms with Crippen LogP contribution in [-0.4, -0.2) is 33.4 Å². The van der Waals surface area contributed by atoms with Gasteiger partial charge < -0.3 is 20.1 Å². The van der Waals surface area contributed by atoms with Crippen molar-refractivity contribution >= 4 is 17.3 Å². The lowest BCUT2D eigenvalue weighted by molar-refractivity contribution is -0.0805. The summed E-state index contributed by atoms with van der Waals surface area (Å²) in [6.45, 7) is 2.39. The zero-order valence-electron chi connectivity index (χ0n) is 25.5. The summed E-state index contributed by atoms with van der Waals surface area (Å²) in [4.78, 5) is 27.4. The molecule has 1 aliphatic rings. The number of aryl methyl sites for hydroxylation is 1. The maximum atomic E-state index is 12.9. The predicted octanol–water partition coefficient (Wildman–Crippen LogP) is 5.17. The molecule has 0 aliphatic carbocycles. The van der Waals surface area contributed by atoms with Crippen molar-refractivity contribution in [2.24, 2.45) is 0 Å². The molecule has 3 atom stereocenters. The minimum absolute atomic E-state index is 0.172. The van der Waals surface area contributed by atoms with Crippen molar-refractivity contribution in [1.82, 2.24) is 20.2 Å². The molecule has 1 fully saturated rings. The van der Waals surface area contributed by atoms with E-state index >= 15 is 0 Å². The van der Waals surface area contributed by atoms with Crippen LogP contribution in [0.1, 0.15) is 40.5 Å². The first-order chi connectivity index (χ1) is 22.4. The fraction of sp³-hybridized carbons (Fsp3) is 0.216. The maximum absolute atomic E-state index is 12.9. The largest absolute Gasteiger partial charge is 0.359 e. The minimum atomic E-state index is -0.951. The number of rotatable bonds is 10. The Bertz CT molecular complexity index is 1770. The number of hydrogen-bond acceptors (Lipinski definition) is 5. The summed E-state index contributed by atoms with van der Waals surface area (Å²) in [5.74, 6) is 0. The van der Waals surface area contributed by atoms with Gasteiger partial charge in [-0.2, -0.15) is 0 Å². The average molecular weight is 633 g/mol. The second-order valence-electron chi connectivity index (χ2n) is 11.4. The Kier molecular flexibility index (Phi) is 9.54. The van der Waals surface area contributed by atoms with Crippen molar-refractivity contribution in [3.63, 3.8) is 0 Å². The first kappa shape index (κ1) is 31.2. The van der Waals surface area contributed by atoms with E-state index in [1.807, 2.05) is 84.9 Å². The summed E-state index contributed by atoms with van der Waals surface area (Å²) in [5.41, 5.74) is 2.53. The van der Waals surface area contributed by atoms with Crippen LogP contribution in [0.3, 0.4) is 0 Å². The van der Waals surface area contributed by atoms with E-state index in [-0.39, 0.29) is 12.6 Å². The third-order valence-electron chi connectivity index (χ3n) is 8.31. The molecule has 8 nitrogen and oxygen atoms in total. The molecule has 0 unspecified atom stereocenters. The molecular formula is C37H36N4O4S. The summed E-state index contributed by atoms with van der Waals surface area (Å²) in [7, 11) is 0. The molecule has 0 spiro atoms. The van der Waals surface area contributed by atoms with E-state index in [4.69, 9.17) is 21.7 Å². The Labute approximate surface area is 273 Å². The van der Waals surface area contributed by atoms with Crippen LogP contribution >= 0.6 is 12.2 Å². The molecular weight excluding hydrogens is 596 g/mol. The molecule has 234 valence electrons. The van der Waals surface area contributed by atoms with E-state index in [2.05, 4.69) is 52.0 Å². The number of nitrogens with one attached hydrogen (secondary N) is 3. The van der Waals surface area contributed by atoms with Gasteiger partial charge in [-0.05, 0) is 41.4 Å². The third kappa shape index (κ3) is 6.72. The summed E-state index contributed by atoms with van der Waals surface area (Å²) in [6, 6.07) is 40.1. The van der Waals surface area contributed by atoms with Crippen molar-refractivity contribution in [1.29, 1.82) is 0 Å². The lowest BCUT2D eigenvalue weighted by Crippen LogP contribution is -2.47. The summed E-state index contributed by atoms with van der Waals surface area (Å²) >= 11 is 5.71. The van der Waals surface area contributed by atoms with E-state index in [1.165, 1.54) is 4.57 Å². The van der Waals surface area contributed by atoms with Gasteiger partial charge in [0, 0.05) is 24.7 Å². The van der Waals surface area contributed by atoms with Gasteiger partial charge in [0.25, 0.3) is 5.56 Å². The second-order valence-corrected chi connectivity index (χ2v) is 11.8. The molecule has 3 N–H and O–H groups in total. The molecule has 0 amide bonds. The number of thiocarbonyl (C=S) groups is 1. The van der Waals surface area contributed by atoms with E-state index < -0.39 is 29.2 Å². The highest BCUT2D eigenvalue weighted by atomic mass is 32.1. The molecule has 9 heteroatoms. The number of hydrogen-bond donors (Lipinski definition) is 3. The lowest BCUT2D eigenvalue weighted by Gasteiger charge is -2.37. The van der Waals surface area contributed by atoms with Crippen LogP contribution in [0, 0.1) is 6.92 Å². The quantitative estimate of drug-likeness (QED) is 0.144. The highest BCUT2D eigenvalue weighted by molar-refractivity contribution is 7.80. The van der Waals surface area contributed by atoms with Gasteiger partial charge in [-0.3, -0.25) is 14.3 Å². The zero-order valence-corrected chi connectivity index (χ0v) is 26.3. The minimum Gasteiger partial charge on any atom is -0.359 e. The van der Waals surface area contributed by atoms with E-state index in [1.54, 1.807) is 13.1 Å². The number of ether oxygens (including phenoxy) is 2. The van der Waals surface area contributed by atoms with Gasteiger partial charge in [-0.1, -0.05) is 121 Å². The molecule has 6 rings (SSSR count). The Hall–Kier alpha value is -4.83. The normalized spacial score (nSPS) is 17.8. The Balaban J connectivity index is 1.33. The van der Waals surface area contributed by atoms with Gasteiger partial charge in [0.1, 0.15) is 17.9 Å². The van der Waals surface area contributed by atoms with Gasteiger partial charge in [0.2, 0.25) is 0 Å². The van der Waals surface area contributed by atoms with Crippen molar-refractivity contribution < 1.29 is 9.47 Å². The predicted molar refractivity (Wildman–Crippen MR) is 183 cm³/mol. The number of aromatic amines is 1. The Morgan fingerprint density at radius 1 is 0.870 bits per heavy atom. The van der Waals surface area contributed by atoms with E-state index in [9.17, 15) is 9.59 Å². The standard InChI is InChI=1S/C37H36N4O4S/c1-26-24-41(36(43)40-34(26)42)33-22-31(39-35(46)38-23-27-14-6-2-7-15-27)32(45-33)25-44-37(28-16-8-3-9-17-28,29-18-10-4-11-19-29)30-20-12-5-13-21-30/h2-21,24,31-33H,22-23,25H2,1H3,(H2,38,39,46)(H,40,42,43)/t31-,32+,33+/m0/s1. The first-order valence-corrected chi connectivity index (χ1v) is 15.7. The van der Waals surface area contributed by atoms with Crippen molar-refractivity contribution in [2.45, 2.75) is 43.9 Å². The number of aromatic nitrogens is 2. The highest BCUT2D eigenvalue weighted by Crippen LogP contribution is 2.41. The smallest absolute Gasteiger partial charge is 0.330 e. The molecule has 1 saturated heterocycles. The third-order valence-corrected chi connectivity index (χ3v) is 8.57. The van der Waals surface area contributed by atoms with Gasteiger partial charge in [-0.25, -0.2) is 4.79 Å². The lowest BCUT2D eigenvalue weighted by atomic mass is 9.80. The van der Waals surface area contributed by atoms with Crippen LogP contribution < -0.4 is 21.9 Å². The number of nitrogens with zero attached hydrogens (tertiary/aromatic N) is 1. The van der Waals surface area contributed by atoms with Crippen LogP contribution in [0.4, 0.5) is 0 Å². The average Bonchev–Trinajstić information content (AvgIpc) is 3.49. The summed E-state index contributed by atoms with van der Waals surface area (Å²) in [6.07, 6.45) is 0.809. The van der Waals surface area contributed by atoms with Gasteiger partial charge in [-0.15, -0.1) is 0 Å². The monoisotopic (exact) mass is 632 g/mol. The molecule has 5 aromatic rings. The summed E-state index contributed by atoms with van der Waals surface area (Å²) in [5, 5.41) is 7.18. The Morgan fingerprint density at radius 2 is 1.39 bits per heavy atom. The highest BCUT2D eigenvalue weighted by Gasteiger charge is 2.42. The molecule has 0 saturated carbocycles. The maximum Gasteiger partial charge on any atom is 0.330 e. The molecule has 0 bridgehead atoms. The van der Waals surface area contributed by atoms with Crippen LogP contribution in [0.15, 0.2) is 137 Å². The van der Waals surface area contributed by atoms with Crippen molar-refractivity contribution in [3.05, 3.63) is 176 Å². The van der Waals surface area contributed by atoms with Gasteiger partial charge >= 0.3 is 5.69 Å². The van der Waals surface area contributed by atoms with Crippen LogP contribution in [0.2, 0.25) is 0 Å².